The largest absolute Gasteiger partial charge is 0.480 e. The lowest BCUT2D eigenvalue weighted by Crippen LogP contribution is -2.53. The molecule has 0 saturated heterocycles. The van der Waals surface area contributed by atoms with Gasteiger partial charge in [-0.1, -0.05) is 0 Å². The summed E-state index contributed by atoms with van der Waals surface area (Å²) in [5.74, 6) is -3.46. The molecule has 0 radical (unpaired) electrons. The molecule has 0 aromatic rings. The van der Waals surface area contributed by atoms with Crippen LogP contribution in [0.5, 0.6) is 0 Å². The van der Waals surface area contributed by atoms with Crippen LogP contribution >= 0.6 is 0 Å². The molecule has 1 atom stereocenters. The number of carbonyl (C=O) groups excluding carboxylic acids is 4. The van der Waals surface area contributed by atoms with Crippen LogP contribution in [0.2, 0.25) is 0 Å². The number of carboxylic acid groups (broad SMARTS) is 1. The molecule has 0 spiro atoms. The lowest BCUT2D eigenvalue weighted by molar-refractivity contribution is -0.154. The number of amides is 3. The Hall–Kier alpha value is -2.71. The van der Waals surface area contributed by atoms with Gasteiger partial charge in [0.2, 0.25) is 0 Å². The van der Waals surface area contributed by atoms with Crippen molar-refractivity contribution in [3.63, 3.8) is 0 Å². The van der Waals surface area contributed by atoms with E-state index in [0.29, 0.717) is 4.90 Å². The number of hydrogen-bond acceptors (Lipinski definition) is 6. The maximum Gasteiger partial charge on any atom is 0.410 e. The van der Waals surface area contributed by atoms with Gasteiger partial charge in [-0.3, -0.25) is 24.2 Å². The average molecular weight is 340 g/mol. The molecule has 1 N–H and O–H groups in total. The molecule has 1 aliphatic heterocycles. The molecule has 24 heavy (non-hydrogen) atoms. The topological polar surface area (TPSA) is 121 Å². The Balaban J connectivity index is 3.02. The number of hydrogen-bond donors (Lipinski definition) is 1. The molecule has 1 aliphatic rings. The molecule has 0 saturated carbocycles. The van der Waals surface area contributed by atoms with E-state index in [9.17, 15) is 29.1 Å². The zero-order chi connectivity index (χ0) is 18.7. The summed E-state index contributed by atoms with van der Waals surface area (Å²) >= 11 is 0. The summed E-state index contributed by atoms with van der Waals surface area (Å²) in [6.07, 6.45) is 0.985. The normalized spacial score (nSPS) is 15.4. The van der Waals surface area contributed by atoms with Gasteiger partial charge in [0.15, 0.2) is 6.04 Å². The first-order chi connectivity index (χ1) is 10.9. The van der Waals surface area contributed by atoms with Crippen LogP contribution in [-0.2, 0) is 23.9 Å². The molecule has 9 heteroatoms. The number of imide groups is 1. The van der Waals surface area contributed by atoms with Crippen LogP contribution in [0.1, 0.15) is 27.7 Å². The molecule has 1 rings (SSSR count). The third-order valence-corrected chi connectivity index (χ3v) is 2.90. The highest BCUT2D eigenvalue weighted by Gasteiger charge is 2.38. The zero-order valence-electron chi connectivity index (χ0n) is 13.9. The van der Waals surface area contributed by atoms with Crippen LogP contribution in [0.4, 0.5) is 4.79 Å². The molecule has 0 aliphatic carbocycles. The summed E-state index contributed by atoms with van der Waals surface area (Å²) in [6, 6.07) is -1.62. The molecule has 9 nitrogen and oxygen atoms in total. The third-order valence-electron chi connectivity index (χ3n) is 2.90. The van der Waals surface area contributed by atoms with Crippen molar-refractivity contribution in [2.75, 3.05) is 13.1 Å². The molecule has 1 heterocycles. The van der Waals surface area contributed by atoms with E-state index >= 15 is 0 Å². The summed E-state index contributed by atoms with van der Waals surface area (Å²) in [7, 11) is 0. The predicted molar refractivity (Wildman–Crippen MR) is 80.9 cm³/mol. The van der Waals surface area contributed by atoms with E-state index < -0.39 is 54.4 Å². The Kier molecular flexibility index (Phi) is 5.83. The van der Waals surface area contributed by atoms with Gasteiger partial charge in [0, 0.05) is 12.2 Å². The lowest BCUT2D eigenvalue weighted by Gasteiger charge is -2.31. The number of ether oxygens (including phenoxy) is 1. The van der Waals surface area contributed by atoms with Crippen molar-refractivity contribution in [1.29, 1.82) is 0 Å². The Labute approximate surface area is 138 Å². The number of aliphatic carboxylic acids is 1. The summed E-state index contributed by atoms with van der Waals surface area (Å²) in [6.45, 7) is 5.11. The second-order valence-electron chi connectivity index (χ2n) is 6.30. The Morgan fingerprint density at radius 3 is 2.08 bits per heavy atom. The van der Waals surface area contributed by atoms with Crippen LogP contribution in [0.3, 0.4) is 0 Å². The smallest absolute Gasteiger partial charge is 0.410 e. The molecular formula is C15H20N2O7. The quantitative estimate of drug-likeness (QED) is 0.685. The number of Topliss-reactive ketones (excluding diaryl/α,β-unsaturated/α-hetero) is 1. The standard InChI is InChI=1S/C15H20N2O7/c1-9(18)7-16(14(23)24-15(2,3)4)8-10(13(21)22)17-11(19)5-6-12(17)20/h5-6,10H,7-8H2,1-4H3,(H,21,22)/t10-/m0/s1. The number of carboxylic acids is 1. The van der Waals surface area contributed by atoms with Gasteiger partial charge in [0.05, 0.1) is 13.1 Å². The van der Waals surface area contributed by atoms with Crippen molar-refractivity contribution in [2.45, 2.75) is 39.3 Å². The summed E-state index contributed by atoms with van der Waals surface area (Å²) < 4.78 is 5.14. The van der Waals surface area contributed by atoms with E-state index in [1.165, 1.54) is 6.92 Å². The molecule has 0 unspecified atom stereocenters. The van der Waals surface area contributed by atoms with Gasteiger partial charge >= 0.3 is 12.1 Å². The lowest BCUT2D eigenvalue weighted by atomic mass is 10.2. The van der Waals surface area contributed by atoms with E-state index in [0.717, 1.165) is 17.1 Å². The molecule has 0 fully saturated rings. The van der Waals surface area contributed by atoms with E-state index in [4.69, 9.17) is 4.74 Å². The van der Waals surface area contributed by atoms with Gasteiger partial charge in [-0.05, 0) is 27.7 Å². The fourth-order valence-electron chi connectivity index (χ4n) is 2.00. The highest BCUT2D eigenvalue weighted by Crippen LogP contribution is 2.14. The maximum atomic E-state index is 12.2. The van der Waals surface area contributed by atoms with Gasteiger partial charge < -0.3 is 9.84 Å². The van der Waals surface area contributed by atoms with Crippen LogP contribution in [0.15, 0.2) is 12.2 Å². The van der Waals surface area contributed by atoms with Crippen molar-refractivity contribution < 1.29 is 33.8 Å². The second kappa shape index (κ2) is 7.24. The van der Waals surface area contributed by atoms with Crippen molar-refractivity contribution in [3.8, 4) is 0 Å². The minimum absolute atomic E-state index is 0.400. The summed E-state index contributed by atoms with van der Waals surface area (Å²) in [4.78, 5) is 59.8. The number of rotatable bonds is 6. The molecule has 0 aromatic heterocycles. The second-order valence-corrected chi connectivity index (χ2v) is 6.30. The third kappa shape index (κ3) is 5.18. The Bertz CT molecular complexity index is 585. The van der Waals surface area contributed by atoms with E-state index in [1.807, 2.05) is 0 Å². The fraction of sp³-hybridized carbons (Fsp3) is 0.533. The monoisotopic (exact) mass is 340 g/mol. The van der Waals surface area contributed by atoms with Crippen LogP contribution in [0.25, 0.3) is 0 Å². The van der Waals surface area contributed by atoms with Gasteiger partial charge in [-0.25, -0.2) is 9.59 Å². The van der Waals surface area contributed by atoms with Gasteiger partial charge in [-0.15, -0.1) is 0 Å². The summed E-state index contributed by atoms with van der Waals surface area (Å²) in [5, 5.41) is 9.33. The first-order valence-electron chi connectivity index (χ1n) is 7.18. The number of carbonyl (C=O) groups is 5. The van der Waals surface area contributed by atoms with Crippen molar-refractivity contribution in [3.05, 3.63) is 12.2 Å². The predicted octanol–water partition coefficient (Wildman–Crippen LogP) is 0.191. The molecular weight excluding hydrogens is 320 g/mol. The number of nitrogens with zero attached hydrogens (tertiary/aromatic N) is 2. The van der Waals surface area contributed by atoms with Gasteiger partial charge in [0.25, 0.3) is 11.8 Å². The summed E-state index contributed by atoms with van der Waals surface area (Å²) in [5.41, 5.74) is -0.855. The average Bonchev–Trinajstić information content (AvgIpc) is 2.71. The highest BCUT2D eigenvalue weighted by atomic mass is 16.6. The maximum absolute atomic E-state index is 12.2. The minimum Gasteiger partial charge on any atom is -0.480 e. The van der Waals surface area contributed by atoms with Crippen molar-refractivity contribution >= 4 is 29.7 Å². The highest BCUT2D eigenvalue weighted by molar-refractivity contribution is 6.14. The van der Waals surface area contributed by atoms with Crippen molar-refractivity contribution in [2.24, 2.45) is 0 Å². The van der Waals surface area contributed by atoms with Gasteiger partial charge in [-0.2, -0.15) is 0 Å². The molecule has 0 aromatic carbocycles. The fourth-order valence-corrected chi connectivity index (χ4v) is 2.00. The zero-order valence-corrected chi connectivity index (χ0v) is 13.9. The van der Waals surface area contributed by atoms with Crippen molar-refractivity contribution in [1.82, 2.24) is 9.80 Å². The van der Waals surface area contributed by atoms with Crippen LogP contribution in [0, 0.1) is 0 Å². The molecule has 3 amide bonds. The Morgan fingerprint density at radius 1 is 1.21 bits per heavy atom. The van der Waals surface area contributed by atoms with E-state index in [-0.39, 0.29) is 0 Å². The Morgan fingerprint density at radius 2 is 1.71 bits per heavy atom. The SMILES string of the molecule is CC(=O)CN(C[C@@H](C(=O)O)N1C(=O)C=CC1=O)C(=O)OC(C)(C)C. The number of ketones is 1. The first kappa shape index (κ1) is 19.3. The minimum atomic E-state index is -1.62. The molecule has 0 bridgehead atoms. The molecule has 132 valence electrons. The first-order valence-corrected chi connectivity index (χ1v) is 7.18. The van der Waals surface area contributed by atoms with Gasteiger partial charge in [0.1, 0.15) is 11.4 Å². The van der Waals surface area contributed by atoms with E-state index in [2.05, 4.69) is 0 Å². The van der Waals surface area contributed by atoms with Crippen LogP contribution < -0.4 is 0 Å². The van der Waals surface area contributed by atoms with E-state index in [1.54, 1.807) is 20.8 Å². The van der Waals surface area contributed by atoms with Crippen LogP contribution in [-0.4, -0.2) is 69.3 Å².